The fraction of sp³-hybridized carbons (Fsp3) is 0. The predicted molar refractivity (Wildman–Crippen MR) is 172 cm³/mol. The monoisotopic (exact) mass is 538 g/mol. The Bertz CT molecular complexity index is 2600. The minimum Gasteiger partial charge on any atom is -0.320 e. The maximum Gasteiger partial charge on any atom is 0.256 e. The Labute approximate surface area is 239 Å². The molecule has 0 atom stereocenters. The molecular formula is C37H22N4O. The molecule has 0 aliphatic carbocycles. The van der Waals surface area contributed by atoms with E-state index < -0.39 is 0 Å². The van der Waals surface area contributed by atoms with Gasteiger partial charge in [-0.15, -0.1) is 0 Å². The molecule has 0 amide bonds. The fourth-order valence-electron chi connectivity index (χ4n) is 6.49. The average Bonchev–Trinajstić information content (AvgIpc) is 3.40. The van der Waals surface area contributed by atoms with Crippen molar-refractivity contribution in [2.75, 3.05) is 0 Å². The van der Waals surface area contributed by atoms with Crippen LogP contribution >= 0.6 is 0 Å². The molecule has 0 saturated carbocycles. The molecule has 0 unspecified atom stereocenters. The maximum atomic E-state index is 13.5. The van der Waals surface area contributed by atoms with Crippen LogP contribution in [0.15, 0.2) is 132 Å². The summed E-state index contributed by atoms with van der Waals surface area (Å²) in [6.07, 6.45) is 0. The molecule has 0 radical (unpaired) electrons. The highest BCUT2D eigenvalue weighted by Gasteiger charge is 2.22. The molecule has 0 fully saturated rings. The third kappa shape index (κ3) is 3.16. The average molecular weight is 539 g/mol. The van der Waals surface area contributed by atoms with Gasteiger partial charge in [-0.1, -0.05) is 103 Å². The lowest BCUT2D eigenvalue weighted by Gasteiger charge is -2.14. The van der Waals surface area contributed by atoms with Gasteiger partial charge in [0, 0.05) is 32.5 Å². The fourth-order valence-corrected chi connectivity index (χ4v) is 6.49. The van der Waals surface area contributed by atoms with E-state index in [1.54, 1.807) is 0 Å². The first-order chi connectivity index (χ1) is 20.8. The largest absolute Gasteiger partial charge is 0.320 e. The lowest BCUT2D eigenvalue weighted by atomic mass is 10.0. The van der Waals surface area contributed by atoms with E-state index in [0.29, 0.717) is 11.2 Å². The Kier molecular flexibility index (Phi) is 4.70. The minimum atomic E-state index is -0.107. The number of fused-ring (bicyclic) bond motifs is 10. The van der Waals surface area contributed by atoms with E-state index >= 15 is 0 Å². The molecule has 0 saturated heterocycles. The Morgan fingerprint density at radius 1 is 0.548 bits per heavy atom. The lowest BCUT2D eigenvalue weighted by molar-refractivity contribution is 1.08. The maximum absolute atomic E-state index is 13.5. The van der Waals surface area contributed by atoms with Crippen molar-refractivity contribution in [3.05, 3.63) is 138 Å². The van der Waals surface area contributed by atoms with Crippen molar-refractivity contribution in [1.29, 1.82) is 0 Å². The molecule has 0 aliphatic rings. The number of nitrogens with zero attached hydrogens (tertiary/aromatic N) is 3. The zero-order valence-corrected chi connectivity index (χ0v) is 22.4. The summed E-state index contributed by atoms with van der Waals surface area (Å²) in [5.74, 6) is 1.43. The summed E-state index contributed by atoms with van der Waals surface area (Å²) in [6, 6.07) is 43.1. The van der Waals surface area contributed by atoms with Crippen LogP contribution < -0.4 is 5.56 Å². The second-order valence-electron chi connectivity index (χ2n) is 10.7. The highest BCUT2D eigenvalue weighted by Crippen LogP contribution is 2.41. The number of aromatic nitrogens is 4. The lowest BCUT2D eigenvalue weighted by Crippen LogP contribution is -2.08. The Balaban J connectivity index is 1.55. The first-order valence-corrected chi connectivity index (χ1v) is 14.0. The summed E-state index contributed by atoms with van der Waals surface area (Å²) in [5.41, 5.74) is 4.43. The van der Waals surface area contributed by atoms with Gasteiger partial charge >= 0.3 is 0 Å². The van der Waals surface area contributed by atoms with Gasteiger partial charge in [0.2, 0.25) is 0 Å². The smallest absolute Gasteiger partial charge is 0.256 e. The van der Waals surface area contributed by atoms with Gasteiger partial charge < -0.3 is 4.98 Å². The normalized spacial score (nSPS) is 11.9. The number of para-hydroxylation sites is 1. The molecule has 3 heterocycles. The van der Waals surface area contributed by atoms with Gasteiger partial charge in [0.15, 0.2) is 5.82 Å². The van der Waals surface area contributed by atoms with Crippen LogP contribution in [-0.4, -0.2) is 19.5 Å². The third-order valence-electron chi connectivity index (χ3n) is 8.35. The number of H-pyrrole nitrogens is 1. The van der Waals surface area contributed by atoms with Crippen molar-refractivity contribution in [3.8, 4) is 17.2 Å². The Morgan fingerprint density at radius 3 is 2.10 bits per heavy atom. The molecule has 6 aromatic carbocycles. The second-order valence-corrected chi connectivity index (χ2v) is 10.7. The minimum absolute atomic E-state index is 0.107. The summed E-state index contributed by atoms with van der Waals surface area (Å²) >= 11 is 0. The standard InChI is InChI=1S/C37H22N4O/c42-37-27-15-7-6-14-25(27)26-19-20-29-32-24-13-5-4-10-22(24)18-21-31(32)41(34(29)33(26)39-37)36-28-16-8-9-17-30(28)38-35(40-36)23-11-2-1-3-12-23/h1-21H,(H,39,42). The molecule has 42 heavy (non-hydrogen) atoms. The zero-order valence-electron chi connectivity index (χ0n) is 22.4. The van der Waals surface area contributed by atoms with Crippen LogP contribution in [0.1, 0.15) is 0 Å². The Hall–Kier alpha value is -5.81. The molecule has 5 heteroatoms. The van der Waals surface area contributed by atoms with Crippen LogP contribution in [0.25, 0.3) is 82.4 Å². The van der Waals surface area contributed by atoms with E-state index in [4.69, 9.17) is 9.97 Å². The molecule has 5 nitrogen and oxygen atoms in total. The number of pyridine rings is 1. The van der Waals surface area contributed by atoms with Gasteiger partial charge in [-0.25, -0.2) is 9.97 Å². The van der Waals surface area contributed by atoms with Crippen LogP contribution in [0.3, 0.4) is 0 Å². The molecule has 0 bridgehead atoms. The number of hydrogen-bond acceptors (Lipinski definition) is 3. The molecule has 9 aromatic rings. The van der Waals surface area contributed by atoms with Crippen LogP contribution in [0.5, 0.6) is 0 Å². The molecule has 9 rings (SSSR count). The van der Waals surface area contributed by atoms with Gasteiger partial charge in [0.25, 0.3) is 5.56 Å². The number of aromatic amines is 1. The van der Waals surface area contributed by atoms with Crippen LogP contribution in [0.2, 0.25) is 0 Å². The first kappa shape index (κ1) is 22.9. The number of nitrogens with one attached hydrogen (secondary N) is 1. The molecule has 0 spiro atoms. The van der Waals surface area contributed by atoms with Crippen molar-refractivity contribution in [3.63, 3.8) is 0 Å². The zero-order chi connectivity index (χ0) is 27.8. The number of rotatable bonds is 2. The Morgan fingerprint density at radius 2 is 1.24 bits per heavy atom. The van der Waals surface area contributed by atoms with Crippen LogP contribution in [-0.2, 0) is 0 Å². The van der Waals surface area contributed by atoms with Gasteiger partial charge in [0.05, 0.1) is 22.1 Å². The van der Waals surface area contributed by atoms with Gasteiger partial charge in [0.1, 0.15) is 5.82 Å². The number of benzene rings is 6. The highest BCUT2D eigenvalue weighted by atomic mass is 16.1. The van der Waals surface area contributed by atoms with E-state index in [2.05, 4.69) is 64.1 Å². The summed E-state index contributed by atoms with van der Waals surface area (Å²) in [7, 11) is 0. The summed E-state index contributed by atoms with van der Waals surface area (Å²) < 4.78 is 2.22. The van der Waals surface area contributed by atoms with Crippen molar-refractivity contribution in [2.45, 2.75) is 0 Å². The molecule has 1 N–H and O–H groups in total. The summed E-state index contributed by atoms with van der Waals surface area (Å²) in [6.45, 7) is 0. The van der Waals surface area contributed by atoms with E-state index in [0.717, 1.165) is 71.2 Å². The topological polar surface area (TPSA) is 63.6 Å². The third-order valence-corrected chi connectivity index (χ3v) is 8.35. The van der Waals surface area contributed by atoms with Crippen molar-refractivity contribution in [1.82, 2.24) is 19.5 Å². The highest BCUT2D eigenvalue weighted by molar-refractivity contribution is 6.27. The SMILES string of the molecule is O=c1[nH]c2c(ccc3c4c5ccccc5ccc4n(-c4nc(-c5ccccc5)nc5ccccc45)c32)c2ccccc12. The molecule has 3 aromatic heterocycles. The molecule has 196 valence electrons. The first-order valence-electron chi connectivity index (χ1n) is 14.0. The van der Waals surface area contributed by atoms with E-state index in [9.17, 15) is 4.79 Å². The van der Waals surface area contributed by atoms with Crippen molar-refractivity contribution >= 4 is 65.2 Å². The molecule has 0 aliphatic heterocycles. The molecular weight excluding hydrogens is 516 g/mol. The van der Waals surface area contributed by atoms with Crippen molar-refractivity contribution in [2.24, 2.45) is 0 Å². The van der Waals surface area contributed by atoms with Crippen LogP contribution in [0, 0.1) is 0 Å². The quantitative estimate of drug-likeness (QED) is 0.224. The van der Waals surface area contributed by atoms with Gasteiger partial charge in [-0.3, -0.25) is 9.36 Å². The van der Waals surface area contributed by atoms with Crippen molar-refractivity contribution < 1.29 is 0 Å². The number of hydrogen-bond donors (Lipinski definition) is 1. The van der Waals surface area contributed by atoms with E-state index in [1.807, 2.05) is 72.8 Å². The van der Waals surface area contributed by atoms with Crippen LogP contribution in [0.4, 0.5) is 0 Å². The van der Waals surface area contributed by atoms with E-state index in [1.165, 1.54) is 0 Å². The second kappa shape index (κ2) is 8.59. The van der Waals surface area contributed by atoms with E-state index in [-0.39, 0.29) is 5.56 Å². The summed E-state index contributed by atoms with van der Waals surface area (Å²) in [4.78, 5) is 26.9. The van der Waals surface area contributed by atoms with Gasteiger partial charge in [-0.05, 0) is 40.4 Å². The van der Waals surface area contributed by atoms with Gasteiger partial charge in [-0.2, -0.15) is 0 Å². The predicted octanol–water partition coefficient (Wildman–Crippen LogP) is 8.54. The summed E-state index contributed by atoms with van der Waals surface area (Å²) in [5, 5.41) is 8.04.